The predicted molar refractivity (Wildman–Crippen MR) is 91.8 cm³/mol. The maximum atomic E-state index is 11.4. The number of nitro benzene ring substituents is 1. The first-order chi connectivity index (χ1) is 11.8. The molecular formula is C15H14ClN3O5S. The van der Waals surface area contributed by atoms with Gasteiger partial charge in [-0.3, -0.25) is 14.9 Å². The summed E-state index contributed by atoms with van der Waals surface area (Å²) in [7, 11) is 1.29. The number of carbonyl (C=O) groups is 1. The first-order valence-electron chi connectivity index (χ1n) is 7.00. The van der Waals surface area contributed by atoms with Gasteiger partial charge in [-0.1, -0.05) is 29.4 Å². The van der Waals surface area contributed by atoms with E-state index in [0.717, 1.165) is 0 Å². The number of halogens is 1. The number of nitro groups is 1. The number of nitrogens with zero attached hydrogens (tertiary/aromatic N) is 3. The summed E-state index contributed by atoms with van der Waals surface area (Å²) in [4.78, 5) is 29.8. The summed E-state index contributed by atoms with van der Waals surface area (Å²) >= 11 is 7.37. The average Bonchev–Trinajstić information content (AvgIpc) is 2.55. The molecule has 2 rings (SSSR count). The second-order valence-electron chi connectivity index (χ2n) is 4.98. The molecule has 0 spiro atoms. The molecule has 0 saturated heterocycles. The summed E-state index contributed by atoms with van der Waals surface area (Å²) in [5, 5.41) is 20.9. The number of carbonyl (C=O) groups excluding carboxylic acids is 1. The predicted octanol–water partition coefficient (Wildman–Crippen LogP) is 3.06. The lowest BCUT2D eigenvalue weighted by atomic mass is 10.2. The van der Waals surface area contributed by atoms with Crippen LogP contribution in [0.15, 0.2) is 23.4 Å². The smallest absolute Gasteiger partial charge is 0.310 e. The molecule has 132 valence electrons. The third kappa shape index (κ3) is 4.80. The molecule has 0 saturated carbocycles. The lowest BCUT2D eigenvalue weighted by molar-refractivity contribution is -0.385. The summed E-state index contributed by atoms with van der Waals surface area (Å²) in [5.74, 6) is -0.445. The molecule has 1 aromatic heterocycles. The molecule has 0 aliphatic heterocycles. The standard InChI is InChI=1S/C15H14ClN3O5S/c1-8-10(6-13(21)24-2)14(16)18-15(17-8)25-7-9-3-4-11(19(22)23)12(20)5-9/h3-5,20H,6-7H2,1-2H3. The molecule has 0 radical (unpaired) electrons. The number of benzene rings is 1. The Bertz CT molecular complexity index is 808. The number of aryl methyl sites for hydroxylation is 1. The van der Waals surface area contributed by atoms with Crippen LogP contribution >= 0.6 is 23.4 Å². The Balaban J connectivity index is 2.12. The van der Waals surface area contributed by atoms with Gasteiger partial charge in [0, 0.05) is 23.1 Å². The number of esters is 1. The second kappa shape index (κ2) is 8.13. The van der Waals surface area contributed by atoms with Crippen molar-refractivity contribution in [3.05, 3.63) is 50.3 Å². The Morgan fingerprint density at radius 1 is 1.44 bits per heavy atom. The molecule has 1 heterocycles. The van der Waals surface area contributed by atoms with Crippen LogP contribution in [0.3, 0.4) is 0 Å². The molecule has 25 heavy (non-hydrogen) atoms. The Morgan fingerprint density at radius 2 is 2.16 bits per heavy atom. The van der Waals surface area contributed by atoms with Gasteiger partial charge in [0.05, 0.1) is 18.5 Å². The fraction of sp³-hybridized carbons (Fsp3) is 0.267. The number of hydrogen-bond donors (Lipinski definition) is 1. The Labute approximate surface area is 152 Å². The number of thioether (sulfide) groups is 1. The van der Waals surface area contributed by atoms with Crippen LogP contribution < -0.4 is 0 Å². The number of aromatic hydroxyl groups is 1. The molecule has 1 aromatic carbocycles. The minimum atomic E-state index is -0.654. The highest BCUT2D eigenvalue weighted by molar-refractivity contribution is 7.98. The van der Waals surface area contributed by atoms with Gasteiger partial charge in [0.25, 0.3) is 0 Å². The van der Waals surface area contributed by atoms with Crippen LogP contribution in [0.5, 0.6) is 5.75 Å². The van der Waals surface area contributed by atoms with Crippen molar-refractivity contribution in [1.29, 1.82) is 0 Å². The third-order valence-corrected chi connectivity index (χ3v) is 4.53. The van der Waals surface area contributed by atoms with Gasteiger partial charge in [0.2, 0.25) is 0 Å². The molecule has 0 aliphatic carbocycles. The number of ether oxygens (including phenoxy) is 1. The van der Waals surface area contributed by atoms with E-state index in [1.165, 1.54) is 31.0 Å². The van der Waals surface area contributed by atoms with Gasteiger partial charge in [0.1, 0.15) is 5.15 Å². The topological polar surface area (TPSA) is 115 Å². The van der Waals surface area contributed by atoms with Gasteiger partial charge in [0.15, 0.2) is 10.9 Å². The van der Waals surface area contributed by atoms with Crippen LogP contribution in [0.2, 0.25) is 5.15 Å². The van der Waals surface area contributed by atoms with Gasteiger partial charge in [-0.25, -0.2) is 9.97 Å². The van der Waals surface area contributed by atoms with Gasteiger partial charge in [-0.2, -0.15) is 0 Å². The van der Waals surface area contributed by atoms with Crippen LogP contribution in [-0.4, -0.2) is 33.1 Å². The van der Waals surface area contributed by atoms with E-state index in [-0.39, 0.29) is 17.3 Å². The molecule has 2 aromatic rings. The minimum Gasteiger partial charge on any atom is -0.502 e. The van der Waals surface area contributed by atoms with Crippen molar-refractivity contribution >= 4 is 35.0 Å². The number of aromatic nitrogens is 2. The van der Waals surface area contributed by atoms with Crippen molar-refractivity contribution in [2.24, 2.45) is 0 Å². The highest BCUT2D eigenvalue weighted by Gasteiger charge is 2.16. The first kappa shape index (κ1) is 18.9. The first-order valence-corrected chi connectivity index (χ1v) is 8.37. The van der Waals surface area contributed by atoms with Crippen LogP contribution in [-0.2, 0) is 21.7 Å². The van der Waals surface area contributed by atoms with Gasteiger partial charge in [-0.05, 0) is 18.6 Å². The molecule has 0 fully saturated rings. The molecule has 0 amide bonds. The molecule has 1 N–H and O–H groups in total. The minimum absolute atomic E-state index is 0.0116. The number of phenols is 1. The van der Waals surface area contributed by atoms with Crippen molar-refractivity contribution in [3.8, 4) is 5.75 Å². The Kier molecular flexibility index (Phi) is 6.16. The average molecular weight is 384 g/mol. The largest absolute Gasteiger partial charge is 0.502 e. The van der Waals surface area contributed by atoms with Crippen LogP contribution in [0, 0.1) is 17.0 Å². The fourth-order valence-corrected chi connectivity index (χ4v) is 3.15. The quantitative estimate of drug-likeness (QED) is 0.202. The van der Waals surface area contributed by atoms with E-state index < -0.39 is 16.6 Å². The van der Waals surface area contributed by atoms with E-state index in [9.17, 15) is 20.0 Å². The van der Waals surface area contributed by atoms with Crippen LogP contribution in [0.25, 0.3) is 0 Å². The van der Waals surface area contributed by atoms with E-state index in [1.54, 1.807) is 13.0 Å². The van der Waals surface area contributed by atoms with Crippen molar-refractivity contribution in [2.45, 2.75) is 24.3 Å². The Morgan fingerprint density at radius 3 is 2.72 bits per heavy atom. The molecule has 8 nitrogen and oxygen atoms in total. The van der Waals surface area contributed by atoms with E-state index in [0.29, 0.717) is 27.7 Å². The van der Waals surface area contributed by atoms with Crippen molar-refractivity contribution < 1.29 is 19.6 Å². The fourth-order valence-electron chi connectivity index (χ4n) is 1.98. The summed E-state index contributed by atoms with van der Waals surface area (Å²) < 4.78 is 4.61. The van der Waals surface area contributed by atoms with Gasteiger partial charge in [-0.15, -0.1) is 0 Å². The second-order valence-corrected chi connectivity index (χ2v) is 6.28. The monoisotopic (exact) mass is 383 g/mol. The van der Waals surface area contributed by atoms with Crippen LogP contribution in [0.4, 0.5) is 5.69 Å². The number of rotatable bonds is 6. The highest BCUT2D eigenvalue weighted by atomic mass is 35.5. The zero-order valence-electron chi connectivity index (χ0n) is 13.4. The molecule has 0 bridgehead atoms. The highest BCUT2D eigenvalue weighted by Crippen LogP contribution is 2.30. The molecule has 0 aliphatic rings. The summed E-state index contributed by atoms with van der Waals surface area (Å²) in [5.41, 5.74) is 1.39. The van der Waals surface area contributed by atoms with E-state index >= 15 is 0 Å². The van der Waals surface area contributed by atoms with Crippen molar-refractivity contribution in [3.63, 3.8) is 0 Å². The maximum absolute atomic E-state index is 11.4. The van der Waals surface area contributed by atoms with Crippen molar-refractivity contribution in [1.82, 2.24) is 9.97 Å². The summed E-state index contributed by atoms with van der Waals surface area (Å²) in [6.45, 7) is 1.72. The zero-order valence-corrected chi connectivity index (χ0v) is 14.9. The third-order valence-electron chi connectivity index (χ3n) is 3.30. The van der Waals surface area contributed by atoms with Crippen LogP contribution in [0.1, 0.15) is 16.8 Å². The summed E-state index contributed by atoms with van der Waals surface area (Å²) in [6, 6.07) is 4.11. The molecule has 0 unspecified atom stereocenters. The number of methoxy groups -OCH3 is 1. The lowest BCUT2D eigenvalue weighted by Gasteiger charge is -2.08. The lowest BCUT2D eigenvalue weighted by Crippen LogP contribution is -2.09. The molecule has 0 atom stereocenters. The molecule has 10 heteroatoms. The number of hydrogen-bond acceptors (Lipinski definition) is 8. The van der Waals surface area contributed by atoms with Crippen molar-refractivity contribution in [2.75, 3.05) is 7.11 Å². The SMILES string of the molecule is COC(=O)Cc1c(C)nc(SCc2ccc([N+](=O)[O-])c(O)c2)nc1Cl. The number of phenolic OH excluding ortho intramolecular Hbond substituents is 1. The maximum Gasteiger partial charge on any atom is 0.310 e. The van der Waals surface area contributed by atoms with E-state index in [2.05, 4.69) is 14.7 Å². The van der Waals surface area contributed by atoms with Gasteiger partial charge < -0.3 is 9.84 Å². The van der Waals surface area contributed by atoms with Gasteiger partial charge >= 0.3 is 11.7 Å². The van der Waals surface area contributed by atoms with E-state index in [1.807, 2.05) is 0 Å². The Hall–Kier alpha value is -2.39. The molecular weight excluding hydrogens is 370 g/mol. The van der Waals surface area contributed by atoms with E-state index in [4.69, 9.17) is 11.6 Å². The zero-order chi connectivity index (χ0) is 18.6. The summed E-state index contributed by atoms with van der Waals surface area (Å²) in [6.07, 6.45) is -0.0116. The normalized spacial score (nSPS) is 10.5.